The van der Waals surface area contributed by atoms with Gasteiger partial charge in [0.15, 0.2) is 0 Å². The van der Waals surface area contributed by atoms with Gasteiger partial charge in [-0.05, 0) is 18.2 Å². The monoisotopic (exact) mass is 405 g/mol. The van der Waals surface area contributed by atoms with Crippen LogP contribution in [-0.2, 0) is 19.6 Å². The number of rotatable bonds is 4. The number of sulfonamides is 1. The van der Waals surface area contributed by atoms with E-state index in [1.165, 1.54) is 21.6 Å². The molecule has 2 aliphatic rings. The quantitative estimate of drug-likeness (QED) is 0.722. The molecule has 1 aromatic carbocycles. The van der Waals surface area contributed by atoms with E-state index in [1.807, 2.05) is 0 Å². The largest absolute Gasteiger partial charge is 0.339 e. The number of halogens is 2. The van der Waals surface area contributed by atoms with E-state index in [4.69, 9.17) is 0 Å². The molecule has 2 amide bonds. The van der Waals surface area contributed by atoms with Gasteiger partial charge in [0, 0.05) is 26.2 Å². The normalized spacial score (nSPS) is 19.2. The Balaban J connectivity index is 1.63. The van der Waals surface area contributed by atoms with E-state index in [2.05, 4.69) is 0 Å². The van der Waals surface area contributed by atoms with Gasteiger partial charge in [0.2, 0.25) is 21.8 Å². The van der Waals surface area contributed by atoms with Gasteiger partial charge >= 0.3 is 0 Å². The fraction of sp³-hybridized carbons (Fsp3) is 0.467. The van der Waals surface area contributed by atoms with Gasteiger partial charge in [-0.1, -0.05) is 0 Å². The van der Waals surface area contributed by atoms with E-state index in [-0.39, 0.29) is 44.5 Å². The Bertz CT molecular complexity index is 826. The minimum Gasteiger partial charge on any atom is -0.339 e. The first-order chi connectivity index (χ1) is 12.3. The minimum atomic E-state index is -4.18. The molecule has 26 heavy (non-hydrogen) atoms. The molecule has 0 spiro atoms. The predicted octanol–water partition coefficient (Wildman–Crippen LogP) is 0.331. The summed E-state index contributed by atoms with van der Waals surface area (Å²) < 4.78 is 53.2. The molecule has 2 aliphatic heterocycles. The molecule has 142 valence electrons. The van der Waals surface area contributed by atoms with Crippen molar-refractivity contribution < 1.29 is 26.8 Å². The Morgan fingerprint density at radius 3 is 2.46 bits per heavy atom. The van der Waals surface area contributed by atoms with Crippen LogP contribution in [0.25, 0.3) is 0 Å². The fourth-order valence-electron chi connectivity index (χ4n) is 2.80. The van der Waals surface area contributed by atoms with Crippen LogP contribution in [0.5, 0.6) is 0 Å². The molecule has 0 N–H and O–H groups in total. The summed E-state index contributed by atoms with van der Waals surface area (Å²) >= 11 is 1.43. The third-order valence-electron chi connectivity index (χ3n) is 4.25. The molecule has 0 atom stereocenters. The highest BCUT2D eigenvalue weighted by Gasteiger charge is 2.33. The number of amides is 2. The molecule has 0 unspecified atom stereocenters. The highest BCUT2D eigenvalue weighted by Crippen LogP contribution is 2.22. The van der Waals surface area contributed by atoms with Crippen LogP contribution >= 0.6 is 11.8 Å². The van der Waals surface area contributed by atoms with E-state index in [9.17, 15) is 26.8 Å². The summed E-state index contributed by atoms with van der Waals surface area (Å²) in [5.74, 6) is -1.38. The average molecular weight is 405 g/mol. The number of piperazine rings is 1. The first-order valence-corrected chi connectivity index (χ1v) is 10.5. The maximum atomic E-state index is 13.8. The second kappa shape index (κ2) is 7.49. The molecule has 2 saturated heterocycles. The summed E-state index contributed by atoms with van der Waals surface area (Å²) in [6.07, 6.45) is 0. The molecular formula is C15H17F2N3O4S2. The van der Waals surface area contributed by atoms with Gasteiger partial charge in [-0.3, -0.25) is 9.59 Å². The van der Waals surface area contributed by atoms with Crippen molar-refractivity contribution in [3.05, 3.63) is 29.8 Å². The molecule has 0 bridgehead atoms. The highest BCUT2D eigenvalue weighted by atomic mass is 32.2. The minimum absolute atomic E-state index is 0.0211. The molecule has 1 aromatic rings. The van der Waals surface area contributed by atoms with Gasteiger partial charge in [0.25, 0.3) is 0 Å². The van der Waals surface area contributed by atoms with Crippen molar-refractivity contribution >= 4 is 33.6 Å². The number of nitrogens with zero attached hydrogens (tertiary/aromatic N) is 3. The zero-order chi connectivity index (χ0) is 18.9. The summed E-state index contributed by atoms with van der Waals surface area (Å²) in [5, 5.41) is 0. The maximum absolute atomic E-state index is 13.8. The van der Waals surface area contributed by atoms with Crippen LogP contribution in [0.15, 0.2) is 23.1 Å². The Labute approximate surface area is 154 Å². The van der Waals surface area contributed by atoms with Crippen molar-refractivity contribution in [1.29, 1.82) is 0 Å². The summed E-state index contributed by atoms with van der Waals surface area (Å²) in [6.45, 7) is 0.185. The topological polar surface area (TPSA) is 78.0 Å². The van der Waals surface area contributed by atoms with E-state index < -0.39 is 26.6 Å². The number of carbonyl (C=O) groups is 2. The lowest BCUT2D eigenvalue weighted by molar-refractivity contribution is -0.138. The maximum Gasteiger partial charge on any atom is 0.246 e. The predicted molar refractivity (Wildman–Crippen MR) is 90.7 cm³/mol. The van der Waals surface area contributed by atoms with Crippen molar-refractivity contribution in [2.24, 2.45) is 0 Å². The average Bonchev–Trinajstić information content (AvgIpc) is 3.02. The van der Waals surface area contributed by atoms with Crippen molar-refractivity contribution in [3.8, 4) is 0 Å². The fourth-order valence-corrected chi connectivity index (χ4v) is 5.20. The first kappa shape index (κ1) is 19.1. The van der Waals surface area contributed by atoms with Gasteiger partial charge in [-0.2, -0.15) is 4.31 Å². The smallest absolute Gasteiger partial charge is 0.246 e. The second-order valence-corrected chi connectivity index (χ2v) is 8.79. The van der Waals surface area contributed by atoms with Crippen molar-refractivity contribution in [2.75, 3.05) is 44.4 Å². The number of hydrogen-bond acceptors (Lipinski definition) is 5. The third kappa shape index (κ3) is 3.84. The Kier molecular flexibility index (Phi) is 5.49. The molecule has 0 aromatic heterocycles. The first-order valence-electron chi connectivity index (χ1n) is 7.87. The van der Waals surface area contributed by atoms with Gasteiger partial charge in [-0.15, -0.1) is 11.8 Å². The van der Waals surface area contributed by atoms with Crippen molar-refractivity contribution in [1.82, 2.24) is 14.1 Å². The summed E-state index contributed by atoms with van der Waals surface area (Å²) in [5.41, 5.74) is 0. The molecular weight excluding hydrogens is 388 g/mol. The molecule has 7 nitrogen and oxygen atoms in total. The zero-order valence-corrected chi connectivity index (χ0v) is 15.4. The SMILES string of the molecule is O=C(CN1CSCC1=O)N1CCN(S(=O)(=O)c2cc(F)ccc2F)CC1. The molecule has 0 radical (unpaired) electrons. The lowest BCUT2D eigenvalue weighted by Gasteiger charge is -2.34. The Hall–Kier alpha value is -1.72. The number of carbonyl (C=O) groups excluding carboxylic acids is 2. The zero-order valence-electron chi connectivity index (χ0n) is 13.7. The lowest BCUT2D eigenvalue weighted by Crippen LogP contribution is -2.52. The third-order valence-corrected chi connectivity index (χ3v) is 7.11. The summed E-state index contributed by atoms with van der Waals surface area (Å²) in [6, 6.07) is 2.27. The van der Waals surface area contributed by atoms with Gasteiger partial charge in [-0.25, -0.2) is 17.2 Å². The van der Waals surface area contributed by atoms with Crippen molar-refractivity contribution in [3.63, 3.8) is 0 Å². The van der Waals surface area contributed by atoms with E-state index >= 15 is 0 Å². The summed E-state index contributed by atoms with van der Waals surface area (Å²) in [4.78, 5) is 26.1. The van der Waals surface area contributed by atoms with Crippen LogP contribution in [-0.4, -0.2) is 78.7 Å². The van der Waals surface area contributed by atoms with Crippen LogP contribution in [0.2, 0.25) is 0 Å². The highest BCUT2D eigenvalue weighted by molar-refractivity contribution is 8.00. The van der Waals surface area contributed by atoms with Crippen LogP contribution in [0, 0.1) is 11.6 Å². The second-order valence-electron chi connectivity index (χ2n) is 5.93. The Morgan fingerprint density at radius 1 is 1.15 bits per heavy atom. The van der Waals surface area contributed by atoms with Gasteiger partial charge < -0.3 is 9.80 Å². The Morgan fingerprint density at radius 2 is 1.85 bits per heavy atom. The van der Waals surface area contributed by atoms with Crippen LogP contribution < -0.4 is 0 Å². The summed E-state index contributed by atoms with van der Waals surface area (Å²) in [7, 11) is -4.18. The molecule has 2 fully saturated rings. The van der Waals surface area contributed by atoms with Crippen LogP contribution in [0.1, 0.15) is 0 Å². The molecule has 11 heteroatoms. The van der Waals surface area contributed by atoms with Crippen LogP contribution in [0.3, 0.4) is 0 Å². The number of thioether (sulfide) groups is 1. The molecule has 0 saturated carbocycles. The standard InChI is InChI=1S/C15H17F2N3O4S2/c16-11-1-2-12(17)13(7-11)26(23,24)20-5-3-18(4-6-20)14(21)8-19-10-25-9-15(19)22/h1-2,7H,3-6,8-10H2. The van der Waals surface area contributed by atoms with E-state index in [1.54, 1.807) is 0 Å². The van der Waals surface area contributed by atoms with Crippen LogP contribution in [0.4, 0.5) is 8.78 Å². The molecule has 3 rings (SSSR count). The number of hydrogen-bond donors (Lipinski definition) is 0. The molecule has 0 aliphatic carbocycles. The van der Waals surface area contributed by atoms with Gasteiger partial charge in [0.05, 0.1) is 11.6 Å². The molecule has 2 heterocycles. The lowest BCUT2D eigenvalue weighted by atomic mass is 10.3. The number of benzene rings is 1. The van der Waals surface area contributed by atoms with E-state index in [0.717, 1.165) is 16.4 Å². The van der Waals surface area contributed by atoms with E-state index in [0.29, 0.717) is 17.7 Å². The van der Waals surface area contributed by atoms with Gasteiger partial charge in [0.1, 0.15) is 23.1 Å². The van der Waals surface area contributed by atoms with Crippen molar-refractivity contribution in [2.45, 2.75) is 4.90 Å².